The van der Waals surface area contributed by atoms with E-state index in [9.17, 15) is 18.0 Å². The summed E-state index contributed by atoms with van der Waals surface area (Å²) in [5.74, 6) is 0.0235. The fourth-order valence-corrected chi connectivity index (χ4v) is 4.76. The smallest absolute Gasteiger partial charge is 0.277 e. The number of benzene rings is 1. The van der Waals surface area contributed by atoms with Gasteiger partial charge in [-0.2, -0.15) is 0 Å². The van der Waals surface area contributed by atoms with Crippen molar-refractivity contribution in [2.45, 2.75) is 58.5 Å². The number of hydrogen-bond acceptors (Lipinski definition) is 5. The summed E-state index contributed by atoms with van der Waals surface area (Å²) in [6.45, 7) is 9.48. The average molecular weight is 474 g/mol. The van der Waals surface area contributed by atoms with Crippen LogP contribution in [0.1, 0.15) is 68.2 Å². The first-order valence-electron chi connectivity index (χ1n) is 11.5. The Morgan fingerprint density at radius 1 is 1.15 bits per heavy atom. The van der Waals surface area contributed by atoms with Gasteiger partial charge in [-0.3, -0.25) is 4.79 Å². The number of rotatable bonds is 6. The van der Waals surface area contributed by atoms with Crippen LogP contribution in [0.15, 0.2) is 29.1 Å². The number of nitrogens with one attached hydrogen (secondary N) is 1. The Hall–Kier alpha value is -2.94. The lowest BCUT2D eigenvalue weighted by Gasteiger charge is -2.22. The number of aryl methyl sites for hydroxylation is 1. The molecule has 0 spiro atoms. The van der Waals surface area contributed by atoms with Gasteiger partial charge in [0.2, 0.25) is 0 Å². The third kappa shape index (κ3) is 4.41. The second-order valence-corrected chi connectivity index (χ2v) is 9.31. The van der Waals surface area contributed by atoms with Crippen LogP contribution in [0.4, 0.5) is 19.0 Å². The van der Waals surface area contributed by atoms with E-state index < -0.39 is 23.8 Å². The fraction of sp³-hybridized carbons (Fsp3) is 0.480. The maximum Gasteiger partial charge on any atom is 0.277 e. The van der Waals surface area contributed by atoms with Crippen molar-refractivity contribution >= 4 is 16.7 Å². The number of alkyl halides is 2. The van der Waals surface area contributed by atoms with Crippen LogP contribution in [0.5, 0.6) is 0 Å². The highest BCUT2D eigenvalue weighted by molar-refractivity contribution is 5.89. The SMILES string of the molecule is Cc1nc(N[C@H](C)c2cccc(C(F)F)c2F)c2cc(C3CCN(C(C)C)C3)n(C)c(=O)c2n1. The Bertz CT molecular complexity index is 1270. The van der Waals surface area contributed by atoms with E-state index in [0.29, 0.717) is 23.1 Å². The number of pyridine rings is 1. The topological polar surface area (TPSA) is 63.1 Å². The molecule has 1 N–H and O–H groups in total. The van der Waals surface area contributed by atoms with Crippen molar-refractivity contribution in [2.24, 2.45) is 7.05 Å². The molecule has 3 aromatic rings. The van der Waals surface area contributed by atoms with Gasteiger partial charge >= 0.3 is 0 Å². The van der Waals surface area contributed by atoms with Gasteiger partial charge in [-0.15, -0.1) is 0 Å². The molecule has 2 aromatic heterocycles. The number of anilines is 1. The average Bonchev–Trinajstić information content (AvgIpc) is 3.27. The molecule has 6 nitrogen and oxygen atoms in total. The van der Waals surface area contributed by atoms with Crippen LogP contribution in [-0.2, 0) is 7.05 Å². The Morgan fingerprint density at radius 2 is 1.85 bits per heavy atom. The molecule has 0 bridgehead atoms. The number of likely N-dealkylation sites (tertiary alicyclic amines) is 1. The maximum atomic E-state index is 14.7. The number of aromatic nitrogens is 3. The van der Waals surface area contributed by atoms with E-state index in [1.165, 1.54) is 12.1 Å². The summed E-state index contributed by atoms with van der Waals surface area (Å²) in [6.07, 6.45) is -1.97. The summed E-state index contributed by atoms with van der Waals surface area (Å²) in [5, 5.41) is 3.69. The molecule has 9 heteroatoms. The lowest BCUT2D eigenvalue weighted by molar-refractivity contribution is 0.146. The number of hydrogen-bond donors (Lipinski definition) is 1. The van der Waals surface area contributed by atoms with Gasteiger partial charge in [0.15, 0.2) is 0 Å². The summed E-state index contributed by atoms with van der Waals surface area (Å²) in [6, 6.07) is 5.66. The largest absolute Gasteiger partial charge is 0.363 e. The van der Waals surface area contributed by atoms with Gasteiger partial charge in [0, 0.05) is 36.8 Å². The van der Waals surface area contributed by atoms with Crippen LogP contribution in [-0.4, -0.2) is 38.6 Å². The molecule has 0 saturated carbocycles. The molecule has 1 saturated heterocycles. The van der Waals surface area contributed by atoms with Crippen molar-refractivity contribution < 1.29 is 13.2 Å². The van der Waals surface area contributed by atoms with Crippen molar-refractivity contribution in [2.75, 3.05) is 18.4 Å². The molecule has 1 unspecified atom stereocenters. The second kappa shape index (κ2) is 9.37. The third-order valence-corrected chi connectivity index (χ3v) is 6.73. The zero-order valence-electron chi connectivity index (χ0n) is 20.1. The molecular weight excluding hydrogens is 443 g/mol. The molecule has 0 amide bonds. The second-order valence-electron chi connectivity index (χ2n) is 9.31. The van der Waals surface area contributed by atoms with Gasteiger partial charge in [-0.25, -0.2) is 23.1 Å². The van der Waals surface area contributed by atoms with Crippen LogP contribution >= 0.6 is 0 Å². The minimum atomic E-state index is -2.91. The highest BCUT2D eigenvalue weighted by atomic mass is 19.3. The number of fused-ring (bicyclic) bond motifs is 1. The first kappa shape index (κ1) is 24.2. The highest BCUT2D eigenvalue weighted by Crippen LogP contribution is 2.32. The predicted octanol–water partition coefficient (Wildman–Crippen LogP) is 5.08. The highest BCUT2D eigenvalue weighted by Gasteiger charge is 2.28. The molecule has 34 heavy (non-hydrogen) atoms. The van der Waals surface area contributed by atoms with Gasteiger partial charge in [0.25, 0.3) is 12.0 Å². The fourth-order valence-electron chi connectivity index (χ4n) is 4.76. The summed E-state index contributed by atoms with van der Waals surface area (Å²) in [5.41, 5.74) is 0.419. The lowest BCUT2D eigenvalue weighted by Crippen LogP contribution is -2.29. The maximum absolute atomic E-state index is 14.7. The van der Waals surface area contributed by atoms with E-state index in [0.717, 1.165) is 31.3 Å². The zero-order chi connectivity index (χ0) is 24.7. The van der Waals surface area contributed by atoms with Crippen LogP contribution in [0.25, 0.3) is 10.9 Å². The molecule has 1 aromatic carbocycles. The van der Waals surface area contributed by atoms with Crippen molar-refractivity contribution in [3.05, 3.63) is 63.1 Å². The quantitative estimate of drug-likeness (QED) is 0.541. The lowest BCUT2D eigenvalue weighted by atomic mass is 10.0. The van der Waals surface area contributed by atoms with E-state index >= 15 is 0 Å². The molecule has 2 atom stereocenters. The molecule has 4 rings (SSSR count). The minimum absolute atomic E-state index is 0.106. The van der Waals surface area contributed by atoms with Crippen LogP contribution in [0.3, 0.4) is 0 Å². The number of nitrogens with zero attached hydrogens (tertiary/aromatic N) is 4. The van der Waals surface area contributed by atoms with Crippen molar-refractivity contribution in [1.82, 2.24) is 19.4 Å². The number of halogens is 3. The molecule has 0 aliphatic carbocycles. The van der Waals surface area contributed by atoms with Gasteiger partial charge in [-0.1, -0.05) is 18.2 Å². The third-order valence-electron chi connectivity index (χ3n) is 6.73. The Kier molecular flexibility index (Phi) is 6.66. The Labute approximate surface area is 196 Å². The van der Waals surface area contributed by atoms with Gasteiger partial charge < -0.3 is 14.8 Å². The summed E-state index contributed by atoms with van der Waals surface area (Å²) >= 11 is 0. The van der Waals surface area contributed by atoms with E-state index in [4.69, 9.17) is 0 Å². The normalized spacial score (nSPS) is 17.8. The molecule has 1 fully saturated rings. The molecule has 182 valence electrons. The van der Waals surface area contributed by atoms with Crippen LogP contribution in [0.2, 0.25) is 0 Å². The molecule has 1 aliphatic heterocycles. The van der Waals surface area contributed by atoms with Gasteiger partial charge in [0.05, 0.1) is 17.0 Å². The molecular formula is C25H30F3N5O. The van der Waals surface area contributed by atoms with Crippen molar-refractivity contribution in [3.8, 4) is 0 Å². The van der Waals surface area contributed by atoms with Crippen molar-refractivity contribution in [1.29, 1.82) is 0 Å². The summed E-state index contributed by atoms with van der Waals surface area (Å²) in [7, 11) is 1.76. The van der Waals surface area contributed by atoms with E-state index in [1.54, 1.807) is 25.5 Å². The summed E-state index contributed by atoms with van der Waals surface area (Å²) < 4.78 is 42.8. The standard InChI is InChI=1S/C25H30F3N5O/c1-13(2)33-10-9-16(12-33)20-11-19-22(25(34)32(20)5)30-15(4)31-24(19)29-14(3)17-7-6-8-18(21(17)26)23(27)28/h6-8,11,13-14,16,23H,9-10,12H2,1-5H3,(H,29,30,31)/t14-,16?/m1/s1. The predicted molar refractivity (Wildman–Crippen MR) is 127 cm³/mol. The summed E-state index contributed by atoms with van der Waals surface area (Å²) in [4.78, 5) is 24.5. The van der Waals surface area contributed by atoms with E-state index in [1.807, 2.05) is 6.07 Å². The van der Waals surface area contributed by atoms with Crippen molar-refractivity contribution in [3.63, 3.8) is 0 Å². The zero-order valence-corrected chi connectivity index (χ0v) is 20.1. The Balaban J connectivity index is 1.77. The first-order valence-corrected chi connectivity index (χ1v) is 11.5. The van der Waals surface area contributed by atoms with E-state index in [-0.39, 0.29) is 22.6 Å². The molecule has 1 aliphatic rings. The van der Waals surface area contributed by atoms with Gasteiger partial charge in [0.1, 0.15) is 23.0 Å². The monoisotopic (exact) mass is 473 g/mol. The van der Waals surface area contributed by atoms with E-state index in [2.05, 4.69) is 34.0 Å². The molecule has 3 heterocycles. The first-order chi connectivity index (χ1) is 16.1. The van der Waals surface area contributed by atoms with Crippen LogP contribution < -0.4 is 10.9 Å². The van der Waals surface area contributed by atoms with Crippen LogP contribution in [0, 0.1) is 12.7 Å². The van der Waals surface area contributed by atoms with Gasteiger partial charge in [-0.05, 0) is 46.7 Å². The molecule has 0 radical (unpaired) electrons. The Morgan fingerprint density at radius 3 is 2.50 bits per heavy atom. The minimum Gasteiger partial charge on any atom is -0.363 e.